The molecule has 1 rings (SSSR count). The molecule has 1 atom stereocenters. The molecule has 0 aliphatic carbocycles. The van der Waals surface area contributed by atoms with Crippen molar-refractivity contribution in [2.24, 2.45) is 11.8 Å². The van der Waals surface area contributed by atoms with Crippen LogP contribution in [0.1, 0.15) is 20.8 Å². The Bertz CT molecular complexity index is 710. The van der Waals surface area contributed by atoms with Crippen LogP contribution in [0.25, 0.3) is 0 Å². The van der Waals surface area contributed by atoms with E-state index < -0.39 is 19.9 Å². The number of anilines is 1. The fraction of sp³-hybridized carbons (Fsp3) is 0.538. The molecule has 0 fully saturated rings. The number of nitrogens with two attached hydrogens (primary N) is 1. The lowest BCUT2D eigenvalue weighted by Gasteiger charge is -2.17. The lowest BCUT2D eigenvalue weighted by atomic mass is 9.99. The molecule has 1 aromatic carbocycles. The summed E-state index contributed by atoms with van der Waals surface area (Å²) in [7, 11) is -7.34. The number of nitrogen functional groups attached to an aromatic ring is 1. The Labute approximate surface area is 126 Å². The summed E-state index contributed by atoms with van der Waals surface area (Å²) < 4.78 is 50.1. The highest BCUT2D eigenvalue weighted by Crippen LogP contribution is 2.22. The van der Waals surface area contributed by atoms with Crippen LogP contribution < -0.4 is 10.5 Å². The molecule has 0 radical (unpaired) electrons. The second-order valence-electron chi connectivity index (χ2n) is 5.54. The third-order valence-electron chi connectivity index (χ3n) is 3.44. The summed E-state index contributed by atoms with van der Waals surface area (Å²) in [6, 6.07) is 3.67. The molecule has 6 nitrogen and oxygen atoms in total. The summed E-state index contributed by atoms with van der Waals surface area (Å²) in [5.74, 6) is 0.478. The highest BCUT2D eigenvalue weighted by molar-refractivity contribution is 7.91. The quantitative estimate of drug-likeness (QED) is 0.761. The van der Waals surface area contributed by atoms with Gasteiger partial charge in [-0.2, -0.15) is 0 Å². The zero-order chi connectivity index (χ0) is 16.4. The Kier molecular flexibility index (Phi) is 5.40. The average molecular weight is 334 g/mol. The van der Waals surface area contributed by atoms with Crippen molar-refractivity contribution >= 4 is 25.5 Å². The first-order chi connectivity index (χ1) is 9.45. The number of hydrogen-bond acceptors (Lipinski definition) is 5. The van der Waals surface area contributed by atoms with E-state index in [0.29, 0.717) is 5.92 Å². The Morgan fingerprint density at radius 2 is 1.71 bits per heavy atom. The summed E-state index contributed by atoms with van der Waals surface area (Å²) in [6.45, 7) is 6.20. The first-order valence-electron chi connectivity index (χ1n) is 6.54. The molecule has 0 saturated carbocycles. The van der Waals surface area contributed by atoms with E-state index in [9.17, 15) is 16.8 Å². The van der Waals surface area contributed by atoms with E-state index in [4.69, 9.17) is 5.73 Å². The van der Waals surface area contributed by atoms with Gasteiger partial charge in [-0.05, 0) is 30.0 Å². The van der Waals surface area contributed by atoms with Crippen LogP contribution in [0.5, 0.6) is 0 Å². The third kappa shape index (κ3) is 4.69. The number of rotatable bonds is 6. The van der Waals surface area contributed by atoms with Crippen LogP contribution >= 0.6 is 0 Å². The SMILES string of the molecule is CC(C)C(C)CNS(=O)(=O)c1cc(S(C)(=O)=O)ccc1N. The lowest BCUT2D eigenvalue weighted by Crippen LogP contribution is -2.30. The van der Waals surface area contributed by atoms with Gasteiger partial charge in [0, 0.05) is 12.8 Å². The highest BCUT2D eigenvalue weighted by Gasteiger charge is 2.21. The summed E-state index contributed by atoms with van der Waals surface area (Å²) in [5, 5.41) is 0. The zero-order valence-electron chi connectivity index (χ0n) is 12.6. The molecule has 120 valence electrons. The van der Waals surface area contributed by atoms with Gasteiger partial charge in [-0.1, -0.05) is 20.8 Å². The molecular formula is C13H22N2O4S2. The van der Waals surface area contributed by atoms with Gasteiger partial charge in [-0.25, -0.2) is 21.6 Å². The molecule has 21 heavy (non-hydrogen) atoms. The maximum absolute atomic E-state index is 12.3. The summed E-state index contributed by atoms with van der Waals surface area (Å²) in [5.41, 5.74) is 5.69. The van der Waals surface area contributed by atoms with Gasteiger partial charge < -0.3 is 5.73 Å². The van der Waals surface area contributed by atoms with E-state index >= 15 is 0 Å². The normalized spacial score (nSPS) is 14.3. The van der Waals surface area contributed by atoms with Gasteiger partial charge in [0.15, 0.2) is 9.84 Å². The Hall–Kier alpha value is -1.12. The molecule has 1 aromatic rings. The Morgan fingerprint density at radius 1 is 1.14 bits per heavy atom. The molecule has 1 unspecified atom stereocenters. The van der Waals surface area contributed by atoms with Crippen LogP contribution in [0.4, 0.5) is 5.69 Å². The fourth-order valence-electron chi connectivity index (χ4n) is 1.53. The van der Waals surface area contributed by atoms with Crippen molar-refractivity contribution in [3.8, 4) is 0 Å². The summed E-state index contributed by atoms with van der Waals surface area (Å²) in [6.07, 6.45) is 1.02. The van der Waals surface area contributed by atoms with Crippen LogP contribution in [-0.2, 0) is 19.9 Å². The number of benzene rings is 1. The largest absolute Gasteiger partial charge is 0.398 e. The predicted octanol–water partition coefficient (Wildman–Crippen LogP) is 1.24. The molecule has 0 aromatic heterocycles. The van der Waals surface area contributed by atoms with Crippen molar-refractivity contribution in [1.29, 1.82) is 0 Å². The molecule has 0 aliphatic heterocycles. The standard InChI is InChI=1S/C13H22N2O4S2/c1-9(2)10(3)8-15-21(18,19)13-7-11(20(4,16)17)5-6-12(13)14/h5-7,9-10,15H,8,14H2,1-4H3. The van der Waals surface area contributed by atoms with Crippen LogP contribution in [-0.4, -0.2) is 29.6 Å². The first kappa shape index (κ1) is 17.9. The van der Waals surface area contributed by atoms with Crippen molar-refractivity contribution in [2.75, 3.05) is 18.5 Å². The fourth-order valence-corrected chi connectivity index (χ4v) is 3.55. The first-order valence-corrected chi connectivity index (χ1v) is 9.92. The van der Waals surface area contributed by atoms with Crippen LogP contribution in [0, 0.1) is 11.8 Å². The van der Waals surface area contributed by atoms with Crippen LogP contribution in [0.15, 0.2) is 28.0 Å². The Balaban J connectivity index is 3.14. The maximum atomic E-state index is 12.3. The van der Waals surface area contributed by atoms with Crippen LogP contribution in [0.3, 0.4) is 0 Å². The molecule has 3 N–H and O–H groups in total. The molecule has 0 heterocycles. The molecule has 0 aliphatic rings. The van der Waals surface area contributed by atoms with Crippen molar-refractivity contribution in [1.82, 2.24) is 4.72 Å². The van der Waals surface area contributed by atoms with Crippen molar-refractivity contribution in [3.05, 3.63) is 18.2 Å². The summed E-state index contributed by atoms with van der Waals surface area (Å²) >= 11 is 0. The molecule has 8 heteroatoms. The highest BCUT2D eigenvalue weighted by atomic mass is 32.2. The second kappa shape index (κ2) is 6.33. The third-order valence-corrected chi connectivity index (χ3v) is 6.03. The molecule has 0 bridgehead atoms. The van der Waals surface area contributed by atoms with Gasteiger partial charge >= 0.3 is 0 Å². The second-order valence-corrected chi connectivity index (χ2v) is 9.30. The summed E-state index contributed by atoms with van der Waals surface area (Å²) in [4.78, 5) is -0.282. The maximum Gasteiger partial charge on any atom is 0.242 e. The zero-order valence-corrected chi connectivity index (χ0v) is 14.3. The number of sulfonamides is 1. The monoisotopic (exact) mass is 334 g/mol. The minimum Gasteiger partial charge on any atom is -0.398 e. The van der Waals surface area contributed by atoms with Gasteiger partial charge in [0.05, 0.1) is 10.6 Å². The molecular weight excluding hydrogens is 312 g/mol. The number of sulfone groups is 1. The van der Waals surface area contributed by atoms with Gasteiger partial charge in [0.1, 0.15) is 4.90 Å². The van der Waals surface area contributed by atoms with E-state index in [0.717, 1.165) is 12.3 Å². The van der Waals surface area contributed by atoms with Crippen molar-refractivity contribution < 1.29 is 16.8 Å². The van der Waals surface area contributed by atoms with Crippen molar-refractivity contribution in [3.63, 3.8) is 0 Å². The number of hydrogen-bond donors (Lipinski definition) is 2. The van der Waals surface area contributed by atoms with Gasteiger partial charge in [0.2, 0.25) is 10.0 Å². The minimum atomic E-state index is -3.84. The van der Waals surface area contributed by atoms with Gasteiger partial charge in [0.25, 0.3) is 0 Å². The van der Waals surface area contributed by atoms with Gasteiger partial charge in [-0.15, -0.1) is 0 Å². The van der Waals surface area contributed by atoms with Gasteiger partial charge in [-0.3, -0.25) is 0 Å². The lowest BCUT2D eigenvalue weighted by molar-refractivity contribution is 0.414. The molecule has 0 spiro atoms. The van der Waals surface area contributed by atoms with Crippen molar-refractivity contribution in [2.45, 2.75) is 30.6 Å². The van der Waals surface area contributed by atoms with E-state index in [1.165, 1.54) is 12.1 Å². The molecule has 0 amide bonds. The topological polar surface area (TPSA) is 106 Å². The van der Waals surface area contributed by atoms with E-state index in [2.05, 4.69) is 4.72 Å². The predicted molar refractivity (Wildman–Crippen MR) is 83.2 cm³/mol. The number of nitrogens with one attached hydrogen (secondary N) is 1. The van der Waals surface area contributed by atoms with E-state index in [1.807, 2.05) is 20.8 Å². The smallest absolute Gasteiger partial charge is 0.242 e. The van der Waals surface area contributed by atoms with Crippen LogP contribution in [0.2, 0.25) is 0 Å². The van der Waals surface area contributed by atoms with E-state index in [-0.39, 0.29) is 27.9 Å². The van der Waals surface area contributed by atoms with E-state index in [1.54, 1.807) is 0 Å². The minimum absolute atomic E-state index is 0.0205. The molecule has 0 saturated heterocycles. The average Bonchev–Trinajstić information content (AvgIpc) is 2.34. The Morgan fingerprint density at radius 3 is 2.19 bits per heavy atom.